The fourth-order valence-electron chi connectivity index (χ4n) is 6.60. The Labute approximate surface area is 266 Å². The van der Waals surface area contributed by atoms with Crippen LogP contribution in [-0.2, 0) is 11.3 Å². The summed E-state index contributed by atoms with van der Waals surface area (Å²) in [4.78, 5) is 34.6. The number of anilines is 1. The zero-order valence-electron chi connectivity index (χ0n) is 27.1. The van der Waals surface area contributed by atoms with Gasteiger partial charge in [0.25, 0.3) is 0 Å². The number of nitrogens with one attached hydrogen (secondary N) is 2. The van der Waals surface area contributed by atoms with Crippen molar-refractivity contribution in [3.8, 4) is 5.75 Å². The maximum atomic E-state index is 14.3. The summed E-state index contributed by atoms with van der Waals surface area (Å²) in [5.41, 5.74) is 0.557. The lowest BCUT2D eigenvalue weighted by Crippen LogP contribution is -2.57. The van der Waals surface area contributed by atoms with Crippen LogP contribution in [0.4, 0.5) is 19.7 Å². The largest absolute Gasteiger partial charge is 0.491 e. The van der Waals surface area contributed by atoms with Gasteiger partial charge in [0.1, 0.15) is 28.5 Å². The van der Waals surface area contributed by atoms with Crippen LogP contribution in [0.25, 0.3) is 0 Å². The van der Waals surface area contributed by atoms with Crippen molar-refractivity contribution in [1.82, 2.24) is 15.5 Å². The normalized spacial score (nSPS) is 20.7. The highest BCUT2D eigenvalue weighted by molar-refractivity contribution is 6.19. The van der Waals surface area contributed by atoms with Gasteiger partial charge in [-0.1, -0.05) is 37.5 Å². The van der Waals surface area contributed by atoms with E-state index in [1.54, 1.807) is 17.0 Å². The van der Waals surface area contributed by atoms with E-state index in [1.807, 2.05) is 39.8 Å². The number of aliphatic imine (C=N–C) groups is 1. The number of amidine groups is 1. The van der Waals surface area contributed by atoms with Gasteiger partial charge < -0.3 is 14.8 Å². The Bertz CT molecular complexity index is 1360. The Balaban J connectivity index is 1.22. The van der Waals surface area contributed by atoms with Crippen molar-refractivity contribution in [2.75, 3.05) is 24.5 Å². The number of hydrogen-bond acceptors (Lipinski definition) is 6. The summed E-state index contributed by atoms with van der Waals surface area (Å²) in [6.07, 6.45) is 7.17. The smallest absolute Gasteiger partial charge is 0.407 e. The highest BCUT2D eigenvalue weighted by atomic mass is 19.1. The molecule has 0 aromatic heterocycles. The van der Waals surface area contributed by atoms with Gasteiger partial charge >= 0.3 is 12.1 Å². The number of alkyl carbamates (subject to hydrolysis) is 1. The number of piperidine rings is 1. The van der Waals surface area contributed by atoms with Gasteiger partial charge in [-0.05, 0) is 89.3 Å². The third-order valence-corrected chi connectivity index (χ3v) is 8.79. The number of carbonyl (C=O) groups excluding carboxylic acids is 2. The molecule has 2 aromatic rings. The summed E-state index contributed by atoms with van der Waals surface area (Å²) in [7, 11) is 0. The van der Waals surface area contributed by atoms with Crippen LogP contribution in [0.2, 0.25) is 0 Å². The van der Waals surface area contributed by atoms with Crippen LogP contribution >= 0.6 is 0 Å². The number of likely N-dealkylation sites (tertiary alicyclic amines) is 1. The van der Waals surface area contributed by atoms with Crippen LogP contribution in [0.15, 0.2) is 53.5 Å². The summed E-state index contributed by atoms with van der Waals surface area (Å²) < 4.78 is 25.8. The van der Waals surface area contributed by atoms with Crippen LogP contribution in [-0.4, -0.2) is 65.8 Å². The number of benzene rings is 2. The minimum atomic E-state index is -0.618. The zero-order chi connectivity index (χ0) is 32.0. The van der Waals surface area contributed by atoms with Gasteiger partial charge in [-0.2, -0.15) is 0 Å². The minimum absolute atomic E-state index is 0.0897. The number of rotatable bonds is 9. The van der Waals surface area contributed by atoms with E-state index in [-0.39, 0.29) is 24.0 Å². The summed E-state index contributed by atoms with van der Waals surface area (Å²) in [5.74, 6) is 1.17. The van der Waals surface area contributed by atoms with Gasteiger partial charge in [0.05, 0.1) is 12.1 Å². The first-order valence-electron chi connectivity index (χ1n) is 16.4. The van der Waals surface area contributed by atoms with E-state index in [0.717, 1.165) is 62.5 Å². The van der Waals surface area contributed by atoms with Crippen molar-refractivity contribution >= 4 is 23.6 Å². The molecule has 45 heavy (non-hydrogen) atoms. The van der Waals surface area contributed by atoms with Crippen molar-refractivity contribution in [3.63, 3.8) is 0 Å². The molecule has 0 radical (unpaired) electrons. The Hall–Kier alpha value is -3.66. The average Bonchev–Trinajstić information content (AvgIpc) is 3.23. The number of nitrogens with zero attached hydrogens (tertiary/aromatic N) is 3. The van der Waals surface area contributed by atoms with Gasteiger partial charge in [0, 0.05) is 38.3 Å². The maximum Gasteiger partial charge on any atom is 0.407 e. The van der Waals surface area contributed by atoms with E-state index in [4.69, 9.17) is 14.5 Å². The van der Waals surface area contributed by atoms with E-state index in [1.165, 1.54) is 18.6 Å². The second-order valence-electron chi connectivity index (χ2n) is 13.6. The second kappa shape index (κ2) is 14.2. The Morgan fingerprint density at radius 1 is 1.11 bits per heavy atom. The molecular formula is C35H48FN5O4. The number of urea groups is 1. The minimum Gasteiger partial charge on any atom is -0.491 e. The van der Waals surface area contributed by atoms with Gasteiger partial charge in [0.15, 0.2) is 0 Å². The molecule has 1 atom stereocenters. The molecule has 9 nitrogen and oxygen atoms in total. The molecule has 3 aliphatic rings. The van der Waals surface area contributed by atoms with E-state index in [2.05, 4.69) is 27.7 Å². The topological polar surface area (TPSA) is 95.5 Å². The quantitative estimate of drug-likeness (QED) is 0.321. The van der Waals surface area contributed by atoms with Crippen LogP contribution in [0, 0.1) is 5.82 Å². The molecule has 1 unspecified atom stereocenters. The highest BCUT2D eigenvalue weighted by Gasteiger charge is 2.53. The van der Waals surface area contributed by atoms with Crippen molar-refractivity contribution in [2.24, 2.45) is 4.99 Å². The number of ether oxygens (including phenoxy) is 2. The van der Waals surface area contributed by atoms with Gasteiger partial charge in [0.2, 0.25) is 0 Å². The predicted octanol–water partition coefficient (Wildman–Crippen LogP) is 6.80. The van der Waals surface area contributed by atoms with Crippen LogP contribution < -0.4 is 20.3 Å². The summed E-state index contributed by atoms with van der Waals surface area (Å²) in [5, 5.41) is 5.88. The van der Waals surface area contributed by atoms with Crippen LogP contribution in [0.3, 0.4) is 0 Å². The monoisotopic (exact) mass is 621 g/mol. The van der Waals surface area contributed by atoms with Crippen molar-refractivity contribution < 1.29 is 23.5 Å². The third-order valence-electron chi connectivity index (χ3n) is 8.79. The lowest BCUT2D eigenvalue weighted by atomic mass is 9.84. The van der Waals surface area contributed by atoms with E-state index >= 15 is 0 Å². The Kier molecular flexibility index (Phi) is 10.3. The average molecular weight is 622 g/mol. The summed E-state index contributed by atoms with van der Waals surface area (Å²) >= 11 is 0. The molecule has 2 heterocycles. The Morgan fingerprint density at radius 3 is 2.56 bits per heavy atom. The summed E-state index contributed by atoms with van der Waals surface area (Å²) in [6.45, 7) is 10.2. The molecule has 2 aliphatic heterocycles. The molecule has 0 bridgehead atoms. The SMILES string of the molecule is CC(CCNC(=O)OC(C)(C)C)Oc1cccc(CN2CCC3(CC2)C(=NC2CCCCC2)NC(=O)N3c2cccc(F)c2)c1. The number of amides is 3. The number of halogens is 1. The van der Waals surface area contributed by atoms with E-state index in [0.29, 0.717) is 31.5 Å². The molecule has 1 spiro atoms. The lowest BCUT2D eigenvalue weighted by Gasteiger charge is -2.44. The number of hydrogen-bond donors (Lipinski definition) is 2. The first-order chi connectivity index (χ1) is 21.5. The van der Waals surface area contributed by atoms with Gasteiger partial charge in [-0.25, -0.2) is 14.0 Å². The highest BCUT2D eigenvalue weighted by Crippen LogP contribution is 2.39. The van der Waals surface area contributed by atoms with Crippen LogP contribution in [0.1, 0.15) is 84.6 Å². The molecule has 1 saturated carbocycles. The molecule has 244 valence electrons. The second-order valence-corrected chi connectivity index (χ2v) is 13.6. The molecule has 2 aromatic carbocycles. The molecular weight excluding hydrogens is 573 g/mol. The molecule has 1 aliphatic carbocycles. The fraction of sp³-hybridized carbons (Fsp3) is 0.571. The molecule has 3 amide bonds. The summed E-state index contributed by atoms with van der Waals surface area (Å²) in [6, 6.07) is 14.4. The molecule has 10 heteroatoms. The Morgan fingerprint density at radius 2 is 1.84 bits per heavy atom. The zero-order valence-corrected chi connectivity index (χ0v) is 27.1. The van der Waals surface area contributed by atoms with Crippen molar-refractivity contribution in [2.45, 2.75) is 109 Å². The van der Waals surface area contributed by atoms with E-state index in [9.17, 15) is 14.0 Å². The molecule has 2 N–H and O–H groups in total. The lowest BCUT2D eigenvalue weighted by molar-refractivity contribution is 0.0522. The van der Waals surface area contributed by atoms with Gasteiger partial charge in [-0.15, -0.1) is 0 Å². The van der Waals surface area contributed by atoms with Crippen LogP contribution in [0.5, 0.6) is 5.75 Å². The van der Waals surface area contributed by atoms with E-state index < -0.39 is 17.2 Å². The van der Waals surface area contributed by atoms with Gasteiger partial charge in [-0.3, -0.25) is 20.1 Å². The number of carbonyl (C=O) groups is 2. The van der Waals surface area contributed by atoms with Crippen molar-refractivity contribution in [3.05, 3.63) is 59.9 Å². The first-order valence-corrected chi connectivity index (χ1v) is 16.4. The molecule has 5 rings (SSSR count). The third kappa shape index (κ3) is 8.54. The fourth-order valence-corrected chi connectivity index (χ4v) is 6.60. The first kappa shape index (κ1) is 32.7. The van der Waals surface area contributed by atoms with Crippen molar-refractivity contribution in [1.29, 1.82) is 0 Å². The predicted molar refractivity (Wildman–Crippen MR) is 174 cm³/mol. The standard InChI is InChI=1S/C35H48FN5O4/c1-25(16-19-37-33(43)45-34(2,3)4)44-30-15-8-10-26(22-30)24-40-20-17-35(18-21-40)31(38-28-12-6-5-7-13-28)39-32(42)41(35)29-14-9-11-27(36)23-29/h8-11,14-15,22-23,25,28H,5-7,12-13,16-21,24H2,1-4H3,(H,37,43)(H,38,39,42). The molecule has 3 fully saturated rings. The maximum absolute atomic E-state index is 14.3. The molecule has 2 saturated heterocycles.